The van der Waals surface area contributed by atoms with Crippen LogP contribution in [0.25, 0.3) is 0 Å². The number of para-hydroxylation sites is 1. The van der Waals surface area contributed by atoms with Crippen molar-refractivity contribution in [2.75, 3.05) is 11.9 Å². The molecule has 0 aliphatic heterocycles. The van der Waals surface area contributed by atoms with E-state index >= 15 is 0 Å². The molecule has 0 aliphatic rings. The predicted octanol–water partition coefficient (Wildman–Crippen LogP) is 4.99. The maximum Gasteiger partial charge on any atom is 0.227 e. The summed E-state index contributed by atoms with van der Waals surface area (Å²) in [7, 11) is 0. The summed E-state index contributed by atoms with van der Waals surface area (Å²) in [6, 6.07) is 26.0. The molecule has 0 saturated heterocycles. The number of carbonyl (C=O) groups excluding carboxylic acids is 1. The van der Waals surface area contributed by atoms with Crippen LogP contribution in [0, 0.1) is 6.92 Å². The molecule has 0 spiro atoms. The molecule has 3 heteroatoms. The number of benzene rings is 3. The SMILES string of the molecule is Cc1cccc(OCCC(=O)Nc2ccccc2Cc2ccccc2)c1. The monoisotopic (exact) mass is 345 g/mol. The molecule has 132 valence electrons. The molecule has 0 radical (unpaired) electrons. The van der Waals surface area contributed by atoms with E-state index in [1.807, 2.05) is 73.7 Å². The van der Waals surface area contributed by atoms with E-state index < -0.39 is 0 Å². The summed E-state index contributed by atoms with van der Waals surface area (Å²) in [4.78, 5) is 12.3. The van der Waals surface area contributed by atoms with Gasteiger partial charge >= 0.3 is 0 Å². The topological polar surface area (TPSA) is 38.3 Å². The molecule has 0 saturated carbocycles. The zero-order chi connectivity index (χ0) is 18.2. The summed E-state index contributed by atoms with van der Waals surface area (Å²) in [6.07, 6.45) is 1.10. The Morgan fingerprint density at radius 3 is 2.50 bits per heavy atom. The molecule has 0 aromatic heterocycles. The van der Waals surface area contributed by atoms with Crippen molar-refractivity contribution in [3.05, 3.63) is 95.6 Å². The third-order valence-electron chi connectivity index (χ3n) is 4.12. The Morgan fingerprint density at radius 2 is 1.69 bits per heavy atom. The molecule has 3 nitrogen and oxygen atoms in total. The summed E-state index contributed by atoms with van der Waals surface area (Å²) in [5.41, 5.74) is 4.32. The quantitative estimate of drug-likeness (QED) is 0.655. The Hall–Kier alpha value is -3.07. The van der Waals surface area contributed by atoms with Crippen LogP contribution in [0.4, 0.5) is 5.69 Å². The van der Waals surface area contributed by atoms with E-state index in [-0.39, 0.29) is 5.91 Å². The van der Waals surface area contributed by atoms with Gasteiger partial charge in [0, 0.05) is 5.69 Å². The van der Waals surface area contributed by atoms with Gasteiger partial charge in [-0.15, -0.1) is 0 Å². The molecule has 0 bridgehead atoms. The number of ether oxygens (including phenoxy) is 1. The smallest absolute Gasteiger partial charge is 0.227 e. The van der Waals surface area contributed by atoms with Crippen molar-refractivity contribution in [1.29, 1.82) is 0 Å². The molecule has 26 heavy (non-hydrogen) atoms. The molecule has 0 aliphatic carbocycles. The van der Waals surface area contributed by atoms with Crippen molar-refractivity contribution in [2.45, 2.75) is 19.8 Å². The van der Waals surface area contributed by atoms with E-state index in [9.17, 15) is 4.79 Å². The van der Waals surface area contributed by atoms with Crippen LogP contribution < -0.4 is 10.1 Å². The van der Waals surface area contributed by atoms with E-state index in [0.29, 0.717) is 13.0 Å². The van der Waals surface area contributed by atoms with Gasteiger partial charge in [-0.3, -0.25) is 4.79 Å². The number of nitrogens with one attached hydrogen (secondary N) is 1. The van der Waals surface area contributed by atoms with E-state index in [1.165, 1.54) is 5.56 Å². The minimum absolute atomic E-state index is 0.0434. The third kappa shape index (κ3) is 5.21. The van der Waals surface area contributed by atoms with Gasteiger partial charge in [0.2, 0.25) is 5.91 Å². The van der Waals surface area contributed by atoms with Crippen molar-refractivity contribution in [3.63, 3.8) is 0 Å². The molecule has 3 rings (SSSR count). The highest BCUT2D eigenvalue weighted by Gasteiger charge is 2.08. The fraction of sp³-hybridized carbons (Fsp3) is 0.174. The van der Waals surface area contributed by atoms with Crippen LogP contribution in [-0.2, 0) is 11.2 Å². The Kier molecular flexibility index (Phi) is 6.05. The number of anilines is 1. The van der Waals surface area contributed by atoms with E-state index in [1.54, 1.807) is 0 Å². The Bertz CT molecular complexity index is 859. The second kappa shape index (κ2) is 8.86. The fourth-order valence-corrected chi connectivity index (χ4v) is 2.79. The lowest BCUT2D eigenvalue weighted by molar-refractivity contribution is -0.116. The molecule has 3 aromatic rings. The lowest BCUT2D eigenvalue weighted by Gasteiger charge is -2.12. The number of aryl methyl sites for hydroxylation is 1. The van der Waals surface area contributed by atoms with E-state index in [4.69, 9.17) is 4.74 Å². The molecule has 1 amide bonds. The average molecular weight is 345 g/mol. The van der Waals surface area contributed by atoms with Crippen molar-refractivity contribution < 1.29 is 9.53 Å². The van der Waals surface area contributed by atoms with Crippen molar-refractivity contribution in [3.8, 4) is 5.75 Å². The van der Waals surface area contributed by atoms with Crippen molar-refractivity contribution in [1.82, 2.24) is 0 Å². The molecule has 0 heterocycles. The van der Waals surface area contributed by atoms with Crippen molar-refractivity contribution >= 4 is 11.6 Å². The molecule has 0 atom stereocenters. The van der Waals surface area contributed by atoms with Crippen LogP contribution in [0.2, 0.25) is 0 Å². The molecule has 1 N–H and O–H groups in total. The largest absolute Gasteiger partial charge is 0.493 e. The van der Waals surface area contributed by atoms with E-state index in [2.05, 4.69) is 17.4 Å². The van der Waals surface area contributed by atoms with Crippen LogP contribution >= 0.6 is 0 Å². The predicted molar refractivity (Wildman–Crippen MR) is 106 cm³/mol. The van der Waals surface area contributed by atoms with Crippen LogP contribution in [0.15, 0.2) is 78.9 Å². The van der Waals surface area contributed by atoms with Gasteiger partial charge in [0.25, 0.3) is 0 Å². The number of amides is 1. The summed E-state index contributed by atoms with van der Waals surface area (Å²) in [6.45, 7) is 2.37. The number of rotatable bonds is 7. The molecule has 3 aromatic carbocycles. The molecular weight excluding hydrogens is 322 g/mol. The normalized spacial score (nSPS) is 10.3. The van der Waals surface area contributed by atoms with Gasteiger partial charge in [0.15, 0.2) is 0 Å². The zero-order valence-electron chi connectivity index (χ0n) is 14.9. The maximum atomic E-state index is 12.3. The number of hydrogen-bond donors (Lipinski definition) is 1. The van der Waals surface area contributed by atoms with Gasteiger partial charge in [-0.05, 0) is 48.2 Å². The van der Waals surface area contributed by atoms with E-state index in [0.717, 1.165) is 29.0 Å². The minimum atomic E-state index is -0.0434. The highest BCUT2D eigenvalue weighted by atomic mass is 16.5. The first-order valence-electron chi connectivity index (χ1n) is 8.82. The average Bonchev–Trinajstić information content (AvgIpc) is 2.64. The highest BCUT2D eigenvalue weighted by molar-refractivity contribution is 5.91. The van der Waals surface area contributed by atoms with Crippen LogP contribution in [0.1, 0.15) is 23.1 Å². The Labute approximate surface area is 154 Å². The van der Waals surface area contributed by atoms with Gasteiger partial charge in [0.05, 0.1) is 13.0 Å². The van der Waals surface area contributed by atoms with Crippen LogP contribution in [-0.4, -0.2) is 12.5 Å². The van der Waals surface area contributed by atoms with Gasteiger partial charge in [-0.1, -0.05) is 60.7 Å². The highest BCUT2D eigenvalue weighted by Crippen LogP contribution is 2.19. The fourth-order valence-electron chi connectivity index (χ4n) is 2.79. The third-order valence-corrected chi connectivity index (χ3v) is 4.12. The van der Waals surface area contributed by atoms with Gasteiger partial charge < -0.3 is 10.1 Å². The first-order chi connectivity index (χ1) is 12.7. The number of carbonyl (C=O) groups is 1. The lowest BCUT2D eigenvalue weighted by Crippen LogP contribution is -2.16. The van der Waals surface area contributed by atoms with Gasteiger partial charge in [0.1, 0.15) is 5.75 Å². The molecular formula is C23H23NO2. The first-order valence-corrected chi connectivity index (χ1v) is 8.82. The van der Waals surface area contributed by atoms with Crippen LogP contribution in [0.3, 0.4) is 0 Å². The van der Waals surface area contributed by atoms with Gasteiger partial charge in [-0.25, -0.2) is 0 Å². The molecule has 0 unspecified atom stereocenters. The molecule has 0 fully saturated rings. The first kappa shape index (κ1) is 17.7. The lowest BCUT2D eigenvalue weighted by atomic mass is 10.0. The number of hydrogen-bond acceptors (Lipinski definition) is 2. The Balaban J connectivity index is 1.56. The second-order valence-electron chi connectivity index (χ2n) is 6.28. The van der Waals surface area contributed by atoms with Crippen molar-refractivity contribution in [2.24, 2.45) is 0 Å². The standard InChI is InChI=1S/C23H23NO2/c1-18-8-7-12-21(16-18)26-15-14-23(25)24-22-13-6-5-11-20(22)17-19-9-3-2-4-10-19/h2-13,16H,14-15,17H2,1H3,(H,24,25). The Morgan fingerprint density at radius 1 is 0.923 bits per heavy atom. The summed E-state index contributed by atoms with van der Waals surface area (Å²) in [5.74, 6) is 0.750. The zero-order valence-corrected chi connectivity index (χ0v) is 14.9. The summed E-state index contributed by atoms with van der Waals surface area (Å²) < 4.78 is 5.66. The summed E-state index contributed by atoms with van der Waals surface area (Å²) in [5, 5.41) is 3.01. The second-order valence-corrected chi connectivity index (χ2v) is 6.28. The van der Waals surface area contributed by atoms with Crippen LogP contribution in [0.5, 0.6) is 5.75 Å². The van der Waals surface area contributed by atoms with Gasteiger partial charge in [-0.2, -0.15) is 0 Å². The summed E-state index contributed by atoms with van der Waals surface area (Å²) >= 11 is 0. The maximum absolute atomic E-state index is 12.3. The minimum Gasteiger partial charge on any atom is -0.493 e.